The molecule has 17 nitrogen and oxygen atoms in total. The summed E-state index contributed by atoms with van der Waals surface area (Å²) >= 11 is 0. The topological polar surface area (TPSA) is 182 Å². The van der Waals surface area contributed by atoms with Crippen molar-refractivity contribution in [2.24, 2.45) is 5.41 Å². The average molecular weight is 988 g/mol. The van der Waals surface area contributed by atoms with Gasteiger partial charge in [-0.3, -0.25) is 33.9 Å². The first-order valence-corrected chi connectivity index (χ1v) is 26.0. The fourth-order valence-electron chi connectivity index (χ4n) is 12.6. The van der Waals surface area contributed by atoms with Gasteiger partial charge < -0.3 is 34.8 Å². The number of nitrogens with one attached hydrogen (secondary N) is 2. The molecule has 3 fully saturated rings. The van der Waals surface area contributed by atoms with E-state index < -0.39 is 0 Å². The van der Waals surface area contributed by atoms with E-state index in [-0.39, 0.29) is 53.6 Å². The number of aliphatic hydroxyl groups excluding tert-OH is 1. The molecule has 73 heavy (non-hydrogen) atoms. The molecule has 11 rings (SSSR count). The van der Waals surface area contributed by atoms with E-state index in [1.807, 2.05) is 42.5 Å². The summed E-state index contributed by atoms with van der Waals surface area (Å²) in [6.45, 7) is 15.1. The number of methoxy groups -OCH3 is 1. The highest BCUT2D eigenvalue weighted by molar-refractivity contribution is 6.24. The molecular weight excluding hydrogens is 923 g/mol. The van der Waals surface area contributed by atoms with Crippen LogP contribution in [0, 0.1) is 5.41 Å². The van der Waals surface area contributed by atoms with Crippen LogP contribution in [-0.4, -0.2) is 123 Å². The maximum Gasteiger partial charge on any atom is 0.276 e. The zero-order valence-electron chi connectivity index (χ0n) is 42.3. The fourth-order valence-corrected chi connectivity index (χ4v) is 12.6. The summed E-state index contributed by atoms with van der Waals surface area (Å²) in [6.07, 6.45) is 13.2. The Morgan fingerprint density at radius 2 is 1.68 bits per heavy atom. The molecule has 2 aliphatic carbocycles. The second kappa shape index (κ2) is 19.4. The van der Waals surface area contributed by atoms with E-state index in [0.717, 1.165) is 102 Å². The summed E-state index contributed by atoms with van der Waals surface area (Å²) in [5, 5.41) is 17.3. The lowest BCUT2D eigenvalue weighted by Gasteiger charge is -2.47. The Hall–Kier alpha value is -7.11. The number of carbonyl (C=O) groups excluding carboxylic acids is 4. The number of carbonyl (C=O) groups is 4. The Kier molecular flexibility index (Phi) is 12.8. The number of piperidine rings is 1. The van der Waals surface area contributed by atoms with Crippen molar-refractivity contribution in [2.75, 3.05) is 71.7 Å². The molecule has 4 aliphatic heterocycles. The second-order valence-corrected chi connectivity index (χ2v) is 21.3. The predicted octanol–water partition coefficient (Wildman–Crippen LogP) is 7.60. The lowest BCUT2D eigenvalue weighted by Crippen LogP contribution is -2.57. The lowest BCUT2D eigenvalue weighted by atomic mass is 9.90. The van der Waals surface area contributed by atoms with Crippen LogP contribution in [0.3, 0.4) is 0 Å². The minimum absolute atomic E-state index is 0.00742. The summed E-state index contributed by atoms with van der Waals surface area (Å²) in [7, 11) is 1.51. The molecule has 0 radical (unpaired) electrons. The van der Waals surface area contributed by atoms with Crippen LogP contribution in [0.15, 0.2) is 73.6 Å². The van der Waals surface area contributed by atoms with Crippen LogP contribution in [0.25, 0.3) is 11.3 Å². The quantitative estimate of drug-likeness (QED) is 0.0822. The number of aromatic nitrogens is 4. The maximum absolute atomic E-state index is 14.1. The molecule has 6 aliphatic rings. The van der Waals surface area contributed by atoms with E-state index in [1.54, 1.807) is 28.3 Å². The number of anilines is 6. The summed E-state index contributed by atoms with van der Waals surface area (Å²) in [6, 6.07) is 15.8. The third-order valence-corrected chi connectivity index (χ3v) is 16.1. The van der Waals surface area contributed by atoms with Gasteiger partial charge in [0.15, 0.2) is 5.82 Å². The van der Waals surface area contributed by atoms with E-state index in [2.05, 4.69) is 67.2 Å². The van der Waals surface area contributed by atoms with Gasteiger partial charge in [0.05, 0.1) is 53.8 Å². The number of pyridine rings is 1. The number of hydrogen-bond donors (Lipinski definition) is 3. The molecule has 7 heterocycles. The molecule has 3 aromatic heterocycles. The van der Waals surface area contributed by atoms with E-state index >= 15 is 0 Å². The zero-order valence-corrected chi connectivity index (χ0v) is 42.3. The highest BCUT2D eigenvalue weighted by Gasteiger charge is 2.43. The highest BCUT2D eigenvalue weighted by atomic mass is 16.5. The summed E-state index contributed by atoms with van der Waals surface area (Å²) in [5.41, 5.74) is 8.85. The maximum atomic E-state index is 14.1. The number of fused-ring (bicyclic) bond motifs is 4. The molecule has 4 amide bonds. The third kappa shape index (κ3) is 8.79. The smallest absolute Gasteiger partial charge is 0.276 e. The molecular formula is C56H65N11O6. The molecule has 5 aromatic rings. The molecule has 3 N–H and O–H groups in total. The fraction of sp³-hybridized carbons (Fsp3) is 0.446. The Labute approximate surface area is 426 Å². The number of aliphatic hydroxyl groups is 1. The first-order chi connectivity index (χ1) is 35.3. The number of amides is 4. The monoisotopic (exact) mass is 988 g/mol. The van der Waals surface area contributed by atoms with Crippen molar-refractivity contribution in [3.05, 3.63) is 107 Å². The van der Waals surface area contributed by atoms with Gasteiger partial charge in [-0.05, 0) is 105 Å². The summed E-state index contributed by atoms with van der Waals surface area (Å²) in [4.78, 5) is 79.1. The van der Waals surface area contributed by atoms with Crippen LogP contribution < -0.4 is 30.1 Å². The first kappa shape index (κ1) is 48.2. The Morgan fingerprint density at radius 1 is 0.877 bits per heavy atom. The Bertz CT molecular complexity index is 3030. The normalized spacial score (nSPS) is 20.3. The van der Waals surface area contributed by atoms with Gasteiger partial charge in [0.2, 0.25) is 5.91 Å². The van der Waals surface area contributed by atoms with Crippen LogP contribution in [0.1, 0.15) is 114 Å². The van der Waals surface area contributed by atoms with Crippen molar-refractivity contribution < 1.29 is 29.0 Å². The van der Waals surface area contributed by atoms with Gasteiger partial charge >= 0.3 is 0 Å². The van der Waals surface area contributed by atoms with Gasteiger partial charge in [-0.25, -0.2) is 15.0 Å². The molecule has 1 atom stereocenters. The minimum Gasteiger partial charge on any atom is -0.478 e. The Balaban J connectivity index is 0.780. The van der Waals surface area contributed by atoms with Gasteiger partial charge in [-0.1, -0.05) is 45.8 Å². The van der Waals surface area contributed by atoms with Gasteiger partial charge in [0, 0.05) is 92.6 Å². The number of imide groups is 1. The summed E-state index contributed by atoms with van der Waals surface area (Å²) in [5.74, 6) is 0.171. The molecule has 380 valence electrons. The van der Waals surface area contributed by atoms with Crippen LogP contribution in [0.2, 0.25) is 0 Å². The van der Waals surface area contributed by atoms with E-state index in [9.17, 15) is 24.3 Å². The molecule has 17 heteroatoms. The van der Waals surface area contributed by atoms with Gasteiger partial charge in [0.1, 0.15) is 11.5 Å². The van der Waals surface area contributed by atoms with Crippen LogP contribution in [0.4, 0.5) is 34.4 Å². The second-order valence-electron chi connectivity index (χ2n) is 21.3. The van der Waals surface area contributed by atoms with Crippen LogP contribution in [0.5, 0.6) is 5.88 Å². The Morgan fingerprint density at radius 3 is 2.44 bits per heavy atom. The molecule has 1 saturated carbocycles. The van der Waals surface area contributed by atoms with Crippen molar-refractivity contribution in [1.29, 1.82) is 0 Å². The van der Waals surface area contributed by atoms with Crippen molar-refractivity contribution in [2.45, 2.75) is 110 Å². The largest absolute Gasteiger partial charge is 0.478 e. The number of nitrogens with zero attached hydrogens (tertiary/aromatic N) is 9. The minimum atomic E-state index is -0.382. The van der Waals surface area contributed by atoms with Gasteiger partial charge in [-0.2, -0.15) is 0 Å². The average Bonchev–Trinajstić information content (AvgIpc) is 4.00. The molecule has 0 bridgehead atoms. The van der Waals surface area contributed by atoms with Crippen LogP contribution in [-0.2, 0) is 30.8 Å². The number of hydrogen-bond acceptors (Lipinski definition) is 13. The number of benzene rings is 2. The SMILES string of the molecule is C=CC(=O)Nc1cc(Nc2nc(-c3ccnc(N4CCn5c(cc6c5CC(C)(C)C6)C4=O)c3CO)cnc2OC)ccc1N1CCN(C2CCN(c3cccc4c3C(=O)N(C3CCCCC3)C4=O)CC2)CC1C. The number of rotatable bonds is 12. The van der Waals surface area contributed by atoms with Crippen molar-refractivity contribution in [3.8, 4) is 17.1 Å². The molecule has 0 spiro atoms. The predicted molar refractivity (Wildman–Crippen MR) is 281 cm³/mol. The highest BCUT2D eigenvalue weighted by Crippen LogP contribution is 2.42. The molecule has 1 unspecified atom stereocenters. The van der Waals surface area contributed by atoms with Crippen molar-refractivity contribution in [1.82, 2.24) is 29.3 Å². The zero-order chi connectivity index (χ0) is 50.7. The standard InChI is InChI=1S/C56H65N11O6/c1-6-48(69)60-42-28-36(59-50-52(73-5)58-31-43(61-50)39-17-20-57-51(41(39)33-68)66-26-25-65-46(54(66)71)27-35-29-56(3,4)30-47(35)65)15-16-44(42)64-24-23-63(32-34(64)2)37-18-21-62(22-19-37)45-14-10-13-40-49(45)55(72)67(53(40)70)38-11-8-7-9-12-38/h6,10,13-17,20,27-28,31,34,37-38,68H,1,7-9,11-12,18-19,21-26,29-30,32-33H2,2-5H3,(H,59,61)(H,60,69). The summed E-state index contributed by atoms with van der Waals surface area (Å²) < 4.78 is 7.83. The number of ether oxygens (including phenoxy) is 1. The van der Waals surface area contributed by atoms with E-state index in [0.29, 0.717) is 75.8 Å². The molecule has 2 saturated heterocycles. The van der Waals surface area contributed by atoms with Crippen molar-refractivity contribution in [3.63, 3.8) is 0 Å². The molecule has 2 aromatic carbocycles. The van der Waals surface area contributed by atoms with Gasteiger partial charge in [0.25, 0.3) is 23.6 Å². The number of piperazine rings is 1. The first-order valence-electron chi connectivity index (χ1n) is 26.0. The van der Waals surface area contributed by atoms with Gasteiger partial charge in [-0.15, -0.1) is 0 Å². The van der Waals surface area contributed by atoms with Crippen LogP contribution >= 0.6 is 0 Å². The third-order valence-electron chi connectivity index (χ3n) is 16.1. The van der Waals surface area contributed by atoms with Crippen molar-refractivity contribution >= 4 is 58.0 Å². The lowest BCUT2D eigenvalue weighted by molar-refractivity contribution is -0.111. The van der Waals surface area contributed by atoms with E-state index in [4.69, 9.17) is 9.72 Å². The van der Waals surface area contributed by atoms with E-state index in [1.165, 1.54) is 24.4 Å².